The van der Waals surface area contributed by atoms with Gasteiger partial charge < -0.3 is 29.1 Å². The number of carbonyl (C=O) groups excluding carboxylic acids is 4. The Balaban J connectivity index is 0.000000290. The molecule has 53 heavy (non-hydrogen) atoms. The average Bonchev–Trinajstić information content (AvgIpc) is 3.10. The van der Waals surface area contributed by atoms with Crippen molar-refractivity contribution in [2.45, 2.75) is 76.3 Å². The number of carboxylic acids is 1. The summed E-state index contributed by atoms with van der Waals surface area (Å²) in [4.78, 5) is 61.9. The number of likely N-dealkylation sites (tertiary alicyclic amines) is 2. The van der Waals surface area contributed by atoms with Crippen LogP contribution in [0.4, 0.5) is 35.9 Å². The predicted molar refractivity (Wildman–Crippen MR) is 175 cm³/mol. The molecule has 2 aromatic rings. The number of nitrogens with zero attached hydrogens (tertiary/aromatic N) is 2. The number of methoxy groups -OCH3 is 2. The van der Waals surface area contributed by atoms with Gasteiger partial charge in [0.2, 0.25) is 0 Å². The molecule has 17 heteroatoms. The first kappa shape index (κ1) is 42.6. The van der Waals surface area contributed by atoms with Gasteiger partial charge in [0.1, 0.15) is 12.2 Å². The molecule has 11 nitrogen and oxygen atoms in total. The number of esters is 1. The molecule has 0 saturated carbocycles. The van der Waals surface area contributed by atoms with Crippen molar-refractivity contribution in [3.63, 3.8) is 0 Å². The lowest BCUT2D eigenvalue weighted by Gasteiger charge is -2.38. The first-order valence-corrected chi connectivity index (χ1v) is 16.8. The highest BCUT2D eigenvalue weighted by atomic mass is 19.4. The van der Waals surface area contributed by atoms with Gasteiger partial charge in [-0.1, -0.05) is 36.4 Å². The molecule has 0 aromatic heterocycles. The van der Waals surface area contributed by atoms with E-state index in [9.17, 15) is 55.4 Å². The Labute approximate surface area is 302 Å². The second-order valence-corrected chi connectivity index (χ2v) is 12.6. The molecular formula is C36H42F6N2O9. The quantitative estimate of drug-likeness (QED) is 0.127. The molecule has 2 aliphatic heterocycles. The Bertz CT molecular complexity index is 1600. The van der Waals surface area contributed by atoms with Crippen LogP contribution in [0.2, 0.25) is 0 Å². The van der Waals surface area contributed by atoms with E-state index in [-0.39, 0.29) is 75.1 Å². The van der Waals surface area contributed by atoms with Crippen LogP contribution < -0.4 is 0 Å². The normalized spacial score (nSPS) is 20.4. The van der Waals surface area contributed by atoms with E-state index in [1.54, 1.807) is 6.92 Å². The maximum Gasteiger partial charge on any atom is 0.416 e. The van der Waals surface area contributed by atoms with Crippen molar-refractivity contribution in [2.75, 3.05) is 33.9 Å². The molecule has 0 bridgehead atoms. The third-order valence-corrected chi connectivity index (χ3v) is 9.24. The summed E-state index contributed by atoms with van der Waals surface area (Å²) >= 11 is 0. The monoisotopic (exact) mass is 760 g/mol. The highest BCUT2D eigenvalue weighted by Gasteiger charge is 2.40. The zero-order valence-electron chi connectivity index (χ0n) is 29.4. The number of carboxylic acid groups (broad SMARTS) is 1. The number of amides is 2. The Morgan fingerprint density at radius 3 is 1.53 bits per heavy atom. The molecule has 2 amide bonds. The van der Waals surface area contributed by atoms with E-state index >= 15 is 0 Å². The number of halogens is 6. The smallest absolute Gasteiger partial charge is 0.416 e. The van der Waals surface area contributed by atoms with Crippen molar-refractivity contribution in [1.82, 2.24) is 9.80 Å². The van der Waals surface area contributed by atoms with Crippen LogP contribution in [0, 0.1) is 11.8 Å². The van der Waals surface area contributed by atoms with Crippen molar-refractivity contribution in [3.05, 3.63) is 70.8 Å². The van der Waals surface area contributed by atoms with Crippen molar-refractivity contribution < 1.29 is 69.6 Å². The first-order valence-electron chi connectivity index (χ1n) is 16.8. The largest absolute Gasteiger partial charge is 0.481 e. The average molecular weight is 761 g/mol. The number of hydrogen-bond acceptors (Lipinski definition) is 8. The van der Waals surface area contributed by atoms with Crippen molar-refractivity contribution >= 4 is 29.9 Å². The number of aliphatic carboxylic acids is 1. The maximum atomic E-state index is 13.3. The van der Waals surface area contributed by atoms with Gasteiger partial charge in [-0.05, 0) is 68.7 Å². The van der Waals surface area contributed by atoms with Crippen LogP contribution in [-0.2, 0) is 53.8 Å². The summed E-state index contributed by atoms with van der Waals surface area (Å²) in [5.41, 5.74) is -1.47. The second-order valence-electron chi connectivity index (χ2n) is 12.6. The molecule has 2 heterocycles. The third-order valence-electron chi connectivity index (χ3n) is 9.24. The Kier molecular flexibility index (Phi) is 15.1. The van der Waals surface area contributed by atoms with E-state index in [2.05, 4.69) is 4.74 Å². The molecule has 0 radical (unpaired) electrons. The van der Waals surface area contributed by atoms with Gasteiger partial charge in [-0.3, -0.25) is 14.4 Å². The van der Waals surface area contributed by atoms with E-state index in [1.807, 2.05) is 0 Å². The van der Waals surface area contributed by atoms with Crippen molar-refractivity contribution in [1.29, 1.82) is 0 Å². The summed E-state index contributed by atoms with van der Waals surface area (Å²) in [6, 6.07) is 8.96. The summed E-state index contributed by atoms with van der Waals surface area (Å²) < 4.78 is 93.6. The highest BCUT2D eigenvalue weighted by Crippen LogP contribution is 2.36. The maximum absolute atomic E-state index is 13.3. The zero-order chi connectivity index (χ0) is 39.5. The zero-order valence-corrected chi connectivity index (χ0v) is 29.4. The molecule has 2 fully saturated rings. The fraction of sp³-hybridized carbons (Fsp3) is 0.528. The lowest BCUT2D eigenvalue weighted by Crippen LogP contribution is -2.48. The summed E-state index contributed by atoms with van der Waals surface area (Å²) in [6.07, 6.45) is -10.1. The third kappa shape index (κ3) is 11.8. The first-order chi connectivity index (χ1) is 24.9. The molecule has 292 valence electrons. The van der Waals surface area contributed by atoms with Crippen LogP contribution in [0.5, 0.6) is 0 Å². The van der Waals surface area contributed by atoms with Gasteiger partial charge in [-0.25, -0.2) is 9.59 Å². The van der Waals surface area contributed by atoms with Gasteiger partial charge in [-0.2, -0.15) is 26.3 Å². The van der Waals surface area contributed by atoms with Gasteiger partial charge in [0.15, 0.2) is 0 Å². The number of ether oxygens (including phenoxy) is 3. The minimum atomic E-state index is -4.53. The van der Waals surface area contributed by atoms with Crippen LogP contribution in [0.15, 0.2) is 48.5 Å². The summed E-state index contributed by atoms with van der Waals surface area (Å²) in [7, 11) is 2.38. The molecule has 1 N–H and O–H groups in total. The summed E-state index contributed by atoms with van der Waals surface area (Å²) in [6.45, 7) is 2.09. The minimum Gasteiger partial charge on any atom is -0.481 e. The molecule has 4 atom stereocenters. The number of ketones is 1. The van der Waals surface area contributed by atoms with E-state index in [4.69, 9.17) is 9.47 Å². The van der Waals surface area contributed by atoms with E-state index in [0.29, 0.717) is 6.42 Å². The molecule has 4 rings (SSSR count). The molecule has 2 aromatic carbocycles. The standard InChI is InChI=1S/C20H24F3NO5.C16H18F3NO4/c1-3-29-18(26)12-17(25)14-8-9-24(19(27)28-2)15(11-14)10-13-6-4-5-7-16(13)20(21,22)23;1-24-15(23)20-7-6-11(14(21)22)9-12(20)8-10-4-2-3-5-13(10)16(17,18)19/h4-7,14-15H,3,8-12H2,1-2H3;2-5,11-12H,6-9H2,1H3,(H,21,22). The topological polar surface area (TPSA) is 140 Å². The van der Waals surface area contributed by atoms with Crippen molar-refractivity contribution in [3.8, 4) is 0 Å². The van der Waals surface area contributed by atoms with Gasteiger partial charge >= 0.3 is 36.5 Å². The molecule has 2 saturated heterocycles. The van der Waals surface area contributed by atoms with Crippen LogP contribution in [0.1, 0.15) is 61.3 Å². The number of alkyl halides is 6. The molecule has 4 unspecified atom stereocenters. The minimum absolute atomic E-state index is 0.0370. The van der Waals surface area contributed by atoms with Crippen LogP contribution >= 0.6 is 0 Å². The number of hydrogen-bond donors (Lipinski definition) is 1. The Morgan fingerprint density at radius 2 is 1.13 bits per heavy atom. The van der Waals surface area contributed by atoms with E-state index < -0.39 is 71.5 Å². The highest BCUT2D eigenvalue weighted by molar-refractivity contribution is 5.97. The van der Waals surface area contributed by atoms with Crippen LogP contribution in [0.25, 0.3) is 0 Å². The number of rotatable bonds is 9. The number of Topliss-reactive ketones (excluding diaryl/α,β-unsaturated/α-hetero) is 1. The van der Waals surface area contributed by atoms with E-state index in [0.717, 1.165) is 12.1 Å². The number of benzene rings is 2. The summed E-state index contributed by atoms with van der Waals surface area (Å²) in [5.74, 6) is -3.19. The molecular weight excluding hydrogens is 718 g/mol. The Morgan fingerprint density at radius 1 is 0.717 bits per heavy atom. The van der Waals surface area contributed by atoms with Crippen LogP contribution in [0.3, 0.4) is 0 Å². The Hall–Kier alpha value is -4.83. The molecule has 0 spiro atoms. The van der Waals surface area contributed by atoms with Crippen molar-refractivity contribution in [2.24, 2.45) is 11.8 Å². The SMILES string of the molecule is CCOC(=O)CC(=O)C1CCN(C(=O)OC)C(Cc2ccccc2C(F)(F)F)C1.COC(=O)N1CCC(C(=O)O)CC1Cc1ccccc1C(F)(F)F. The van der Waals surface area contributed by atoms with Gasteiger partial charge in [0.05, 0.1) is 37.9 Å². The number of carbonyl (C=O) groups is 5. The lowest BCUT2D eigenvalue weighted by atomic mass is 9.83. The van der Waals surface area contributed by atoms with Gasteiger partial charge in [-0.15, -0.1) is 0 Å². The fourth-order valence-electron chi connectivity index (χ4n) is 6.68. The fourth-order valence-corrected chi connectivity index (χ4v) is 6.68. The number of piperidine rings is 2. The summed E-state index contributed by atoms with van der Waals surface area (Å²) in [5, 5.41) is 9.17. The predicted octanol–water partition coefficient (Wildman–Crippen LogP) is 6.80. The lowest BCUT2D eigenvalue weighted by molar-refractivity contribution is -0.147. The van der Waals surface area contributed by atoms with E-state index in [1.165, 1.54) is 60.4 Å². The van der Waals surface area contributed by atoms with Gasteiger partial charge in [0, 0.05) is 31.1 Å². The van der Waals surface area contributed by atoms with Gasteiger partial charge in [0.25, 0.3) is 0 Å². The van der Waals surface area contributed by atoms with Crippen LogP contribution in [-0.4, -0.2) is 90.8 Å². The molecule has 0 aliphatic carbocycles. The molecule has 2 aliphatic rings. The second kappa shape index (κ2) is 18.8.